The molecule has 0 bridgehead atoms. The Balaban J connectivity index is 1.91. The molecule has 1 atom stereocenters. The summed E-state index contributed by atoms with van der Waals surface area (Å²) in [6.45, 7) is 5.91. The molecule has 1 aromatic carbocycles. The van der Waals surface area contributed by atoms with Crippen LogP contribution in [0.1, 0.15) is 62.8 Å². The fourth-order valence-electron chi connectivity index (χ4n) is 4.05. The lowest BCUT2D eigenvalue weighted by atomic mass is 9.90. The molecule has 1 saturated carbocycles. The molecule has 1 fully saturated rings. The highest BCUT2D eigenvalue weighted by Gasteiger charge is 2.42. The van der Waals surface area contributed by atoms with Gasteiger partial charge in [0.25, 0.3) is 0 Å². The minimum atomic E-state index is -0.930. The number of benzene rings is 1. The highest BCUT2D eigenvalue weighted by Crippen LogP contribution is 2.30. The van der Waals surface area contributed by atoms with Gasteiger partial charge in [0, 0.05) is 16.6 Å². The number of nitrogens with zero attached hydrogens (tertiary/aromatic N) is 1. The highest BCUT2D eigenvalue weighted by atomic mass is 32.1. The van der Waals surface area contributed by atoms with Crippen molar-refractivity contribution in [2.24, 2.45) is 0 Å². The highest BCUT2D eigenvalue weighted by molar-refractivity contribution is 7.10. The lowest BCUT2D eigenvalue weighted by Gasteiger charge is -2.41. The van der Waals surface area contributed by atoms with Crippen LogP contribution in [-0.4, -0.2) is 23.4 Å². The molecule has 156 valence electrons. The molecule has 0 radical (unpaired) electrons. The van der Waals surface area contributed by atoms with E-state index in [0.717, 1.165) is 41.8 Å². The maximum Gasteiger partial charge on any atom is 0.246 e. The Morgan fingerprint density at radius 1 is 1.14 bits per heavy atom. The molecular weight excluding hydrogens is 380 g/mol. The second kappa shape index (κ2) is 9.57. The number of carbonyl (C=O) groups excluding carboxylic acids is 2. The van der Waals surface area contributed by atoms with Crippen molar-refractivity contribution in [1.82, 2.24) is 5.32 Å². The van der Waals surface area contributed by atoms with Gasteiger partial charge >= 0.3 is 0 Å². The van der Waals surface area contributed by atoms with Crippen LogP contribution in [0.5, 0.6) is 0 Å². The van der Waals surface area contributed by atoms with E-state index < -0.39 is 5.54 Å². The topological polar surface area (TPSA) is 49.4 Å². The van der Waals surface area contributed by atoms with E-state index in [1.807, 2.05) is 62.5 Å². The molecule has 3 rings (SSSR count). The number of carbonyl (C=O) groups is 2. The van der Waals surface area contributed by atoms with Crippen LogP contribution in [0.2, 0.25) is 0 Å². The summed E-state index contributed by atoms with van der Waals surface area (Å²) < 4.78 is 0. The second-order valence-electron chi connectivity index (χ2n) is 8.26. The molecule has 29 heavy (non-hydrogen) atoms. The van der Waals surface area contributed by atoms with E-state index in [4.69, 9.17) is 0 Å². The summed E-state index contributed by atoms with van der Waals surface area (Å²) in [5.74, 6) is -0.0912. The van der Waals surface area contributed by atoms with Crippen molar-refractivity contribution in [3.05, 3.63) is 52.2 Å². The predicted octanol–water partition coefficient (Wildman–Crippen LogP) is 5.25. The third-order valence-corrected chi connectivity index (χ3v) is 6.94. The van der Waals surface area contributed by atoms with E-state index in [2.05, 4.69) is 5.32 Å². The van der Waals surface area contributed by atoms with Crippen LogP contribution in [0.25, 0.3) is 0 Å². The maximum atomic E-state index is 13.5. The van der Waals surface area contributed by atoms with Crippen LogP contribution in [0.3, 0.4) is 0 Å². The molecule has 5 heteroatoms. The lowest BCUT2D eigenvalue weighted by Crippen LogP contribution is -2.61. The molecule has 2 amide bonds. The third kappa shape index (κ3) is 5.08. The number of anilines is 1. The summed E-state index contributed by atoms with van der Waals surface area (Å²) in [6, 6.07) is 12.0. The van der Waals surface area contributed by atoms with Crippen LogP contribution in [0, 0.1) is 6.92 Å². The van der Waals surface area contributed by atoms with Gasteiger partial charge in [0.15, 0.2) is 0 Å². The second-order valence-corrected chi connectivity index (χ2v) is 9.29. The van der Waals surface area contributed by atoms with Gasteiger partial charge < -0.3 is 5.32 Å². The first-order chi connectivity index (χ1) is 13.9. The number of rotatable bonds is 7. The fourth-order valence-corrected chi connectivity index (χ4v) is 4.74. The van der Waals surface area contributed by atoms with Gasteiger partial charge in [-0.2, -0.15) is 0 Å². The summed E-state index contributed by atoms with van der Waals surface area (Å²) in [5.41, 5.74) is 0.977. The van der Waals surface area contributed by atoms with Crippen LogP contribution in [-0.2, 0) is 16.0 Å². The number of nitrogens with one attached hydrogen (secondary N) is 1. The average molecular weight is 413 g/mol. The molecule has 0 aliphatic heterocycles. The number of thiophene rings is 1. The van der Waals surface area contributed by atoms with Gasteiger partial charge in [-0.05, 0) is 56.7 Å². The van der Waals surface area contributed by atoms with E-state index in [0.29, 0.717) is 12.8 Å². The Labute approximate surface area is 178 Å². The molecule has 0 spiro atoms. The third-order valence-electron chi connectivity index (χ3n) is 6.06. The Hall–Kier alpha value is -2.14. The van der Waals surface area contributed by atoms with Gasteiger partial charge in [0.05, 0.1) is 6.42 Å². The summed E-state index contributed by atoms with van der Waals surface area (Å²) in [5, 5.41) is 5.24. The van der Waals surface area contributed by atoms with Crippen molar-refractivity contribution in [1.29, 1.82) is 0 Å². The molecule has 1 aromatic heterocycles. The molecule has 1 aliphatic carbocycles. The molecule has 4 nitrogen and oxygen atoms in total. The molecule has 1 N–H and O–H groups in total. The van der Waals surface area contributed by atoms with Crippen LogP contribution >= 0.6 is 11.3 Å². The van der Waals surface area contributed by atoms with Crippen molar-refractivity contribution in [2.75, 3.05) is 4.90 Å². The zero-order chi connectivity index (χ0) is 20.9. The first-order valence-electron chi connectivity index (χ1n) is 10.7. The maximum absolute atomic E-state index is 13.5. The Morgan fingerprint density at radius 3 is 2.41 bits per heavy atom. The van der Waals surface area contributed by atoms with Crippen LogP contribution in [0.4, 0.5) is 5.69 Å². The number of hydrogen-bond donors (Lipinski definition) is 1. The van der Waals surface area contributed by atoms with Crippen molar-refractivity contribution in [2.45, 2.75) is 77.3 Å². The van der Waals surface area contributed by atoms with E-state index >= 15 is 0 Å². The van der Waals surface area contributed by atoms with Crippen molar-refractivity contribution in [3.8, 4) is 0 Å². The largest absolute Gasteiger partial charge is 0.351 e. The average Bonchev–Trinajstić information content (AvgIpc) is 3.23. The predicted molar refractivity (Wildman–Crippen MR) is 120 cm³/mol. The van der Waals surface area contributed by atoms with Gasteiger partial charge in [-0.3, -0.25) is 14.5 Å². The molecule has 2 aromatic rings. The Kier molecular flexibility index (Phi) is 7.12. The number of amides is 2. The fraction of sp³-hybridized carbons (Fsp3) is 0.500. The van der Waals surface area contributed by atoms with E-state index in [1.165, 1.54) is 6.42 Å². The molecule has 1 heterocycles. The minimum absolute atomic E-state index is 0.0422. The van der Waals surface area contributed by atoms with Crippen LogP contribution < -0.4 is 10.2 Å². The summed E-state index contributed by atoms with van der Waals surface area (Å²) in [4.78, 5) is 29.6. The van der Waals surface area contributed by atoms with Crippen LogP contribution in [0.15, 0.2) is 41.8 Å². The standard InChI is InChI=1S/C24H32N2O2S/c1-4-24(3,23(28)25-19-9-6-5-7-10-19)26(20-14-12-18(2)13-15-20)22(27)17-21-11-8-16-29-21/h8,11-16,19H,4-7,9-10,17H2,1-3H3,(H,25,28)/t24-/m0/s1. The van der Waals surface area contributed by atoms with Gasteiger partial charge in [0.2, 0.25) is 11.8 Å². The number of aryl methyl sites for hydroxylation is 1. The van der Waals surface area contributed by atoms with Gasteiger partial charge in [0.1, 0.15) is 5.54 Å². The summed E-state index contributed by atoms with van der Waals surface area (Å²) >= 11 is 1.57. The molecule has 1 aliphatic rings. The summed E-state index contributed by atoms with van der Waals surface area (Å²) in [7, 11) is 0. The van der Waals surface area contributed by atoms with E-state index in [-0.39, 0.29) is 17.9 Å². The molecule has 0 unspecified atom stereocenters. The van der Waals surface area contributed by atoms with Gasteiger partial charge in [-0.25, -0.2) is 0 Å². The SMILES string of the molecule is CC[C@@](C)(C(=O)NC1CCCCC1)N(C(=O)Cc1cccs1)c1ccc(C)cc1. The van der Waals surface area contributed by atoms with E-state index in [9.17, 15) is 9.59 Å². The van der Waals surface area contributed by atoms with Crippen molar-refractivity contribution < 1.29 is 9.59 Å². The number of hydrogen-bond acceptors (Lipinski definition) is 3. The Bertz CT molecular complexity index is 810. The first-order valence-corrected chi connectivity index (χ1v) is 11.5. The zero-order valence-electron chi connectivity index (χ0n) is 17.7. The first kappa shape index (κ1) is 21.6. The normalized spacial score (nSPS) is 16.8. The smallest absolute Gasteiger partial charge is 0.246 e. The van der Waals surface area contributed by atoms with E-state index in [1.54, 1.807) is 16.2 Å². The minimum Gasteiger partial charge on any atom is -0.351 e. The van der Waals surface area contributed by atoms with Crippen molar-refractivity contribution in [3.63, 3.8) is 0 Å². The van der Waals surface area contributed by atoms with Gasteiger partial charge in [-0.15, -0.1) is 11.3 Å². The molecular formula is C24H32N2O2S. The monoisotopic (exact) mass is 412 g/mol. The lowest BCUT2D eigenvalue weighted by molar-refractivity contribution is -0.130. The Morgan fingerprint density at radius 2 is 1.83 bits per heavy atom. The van der Waals surface area contributed by atoms with Crippen molar-refractivity contribution >= 4 is 28.8 Å². The summed E-state index contributed by atoms with van der Waals surface area (Å²) in [6.07, 6.45) is 6.47. The zero-order valence-corrected chi connectivity index (χ0v) is 18.6. The molecule has 0 saturated heterocycles. The van der Waals surface area contributed by atoms with Gasteiger partial charge in [-0.1, -0.05) is 49.9 Å². The quantitative estimate of drug-likeness (QED) is 0.675.